The number of nitrogens with zero attached hydrogens (tertiary/aromatic N) is 1. The van der Waals surface area contributed by atoms with Gasteiger partial charge in [0.2, 0.25) is 11.8 Å². The Morgan fingerprint density at radius 3 is 2.11 bits per heavy atom. The van der Waals surface area contributed by atoms with E-state index in [2.05, 4.69) is 0 Å². The van der Waals surface area contributed by atoms with Crippen molar-refractivity contribution in [1.29, 1.82) is 0 Å². The van der Waals surface area contributed by atoms with E-state index >= 15 is 0 Å². The molecule has 2 amide bonds. The van der Waals surface area contributed by atoms with E-state index in [4.69, 9.17) is 0 Å². The summed E-state index contributed by atoms with van der Waals surface area (Å²) in [6.07, 6.45) is 0.693. The number of carbonyl (C=O) groups is 2. The molecule has 0 fully saturated rings. The molecule has 3 nitrogen and oxygen atoms in total. The van der Waals surface area contributed by atoms with Gasteiger partial charge in [0.25, 0.3) is 0 Å². The first-order valence-corrected chi connectivity index (χ1v) is 6.35. The fourth-order valence-electron chi connectivity index (χ4n) is 1.97. The summed E-state index contributed by atoms with van der Waals surface area (Å²) in [6.45, 7) is 5.56. The molecule has 0 N–H and O–H groups in total. The SMILES string of the molecule is CCC(C(=O)N(C)C(=O)C(C)C)c1ccccc1. The monoisotopic (exact) mass is 247 g/mol. The van der Waals surface area contributed by atoms with E-state index in [9.17, 15) is 9.59 Å². The van der Waals surface area contributed by atoms with Crippen LogP contribution in [0.4, 0.5) is 0 Å². The third-order valence-electron chi connectivity index (χ3n) is 3.06. The van der Waals surface area contributed by atoms with Crippen molar-refractivity contribution in [3.8, 4) is 0 Å². The molecule has 0 heterocycles. The number of hydrogen-bond donors (Lipinski definition) is 0. The highest BCUT2D eigenvalue weighted by atomic mass is 16.2. The minimum absolute atomic E-state index is 0.123. The Morgan fingerprint density at radius 1 is 1.11 bits per heavy atom. The van der Waals surface area contributed by atoms with Crippen LogP contribution in [0.1, 0.15) is 38.7 Å². The lowest BCUT2D eigenvalue weighted by atomic mass is 9.95. The maximum absolute atomic E-state index is 12.3. The van der Waals surface area contributed by atoms with Gasteiger partial charge in [-0.2, -0.15) is 0 Å². The van der Waals surface area contributed by atoms with Gasteiger partial charge >= 0.3 is 0 Å². The molecular formula is C15H21NO2. The van der Waals surface area contributed by atoms with Crippen molar-refractivity contribution >= 4 is 11.8 Å². The van der Waals surface area contributed by atoms with Crippen LogP contribution in [0.2, 0.25) is 0 Å². The van der Waals surface area contributed by atoms with Crippen molar-refractivity contribution < 1.29 is 9.59 Å². The van der Waals surface area contributed by atoms with E-state index in [1.165, 1.54) is 4.90 Å². The molecule has 0 saturated heterocycles. The third-order valence-corrected chi connectivity index (χ3v) is 3.06. The van der Waals surface area contributed by atoms with Crippen LogP contribution in [0.3, 0.4) is 0 Å². The summed E-state index contributed by atoms with van der Waals surface area (Å²) in [5.74, 6) is -0.650. The Kier molecular flexibility index (Phi) is 5.08. The quantitative estimate of drug-likeness (QED) is 0.820. The van der Waals surface area contributed by atoms with Crippen LogP contribution >= 0.6 is 0 Å². The zero-order chi connectivity index (χ0) is 13.7. The standard InChI is InChI=1S/C15H21NO2/c1-5-13(12-9-7-6-8-10-12)15(18)16(4)14(17)11(2)3/h6-11,13H,5H2,1-4H3. The number of rotatable bonds is 4. The van der Waals surface area contributed by atoms with Gasteiger partial charge in [-0.1, -0.05) is 51.1 Å². The zero-order valence-corrected chi connectivity index (χ0v) is 11.5. The van der Waals surface area contributed by atoms with Gasteiger partial charge in [-0.15, -0.1) is 0 Å². The molecule has 0 saturated carbocycles. The summed E-state index contributed by atoms with van der Waals surface area (Å²) >= 11 is 0. The average Bonchev–Trinajstić information content (AvgIpc) is 2.38. The van der Waals surface area contributed by atoms with Gasteiger partial charge in [0, 0.05) is 13.0 Å². The van der Waals surface area contributed by atoms with Crippen molar-refractivity contribution in [2.75, 3.05) is 7.05 Å². The summed E-state index contributed by atoms with van der Waals surface area (Å²) in [6, 6.07) is 9.61. The van der Waals surface area contributed by atoms with E-state index in [1.54, 1.807) is 20.9 Å². The molecule has 0 aliphatic rings. The number of hydrogen-bond acceptors (Lipinski definition) is 2. The molecule has 0 aromatic heterocycles. The van der Waals surface area contributed by atoms with Gasteiger partial charge in [0.1, 0.15) is 0 Å². The van der Waals surface area contributed by atoms with Crippen LogP contribution in [0.15, 0.2) is 30.3 Å². The fourth-order valence-corrected chi connectivity index (χ4v) is 1.97. The summed E-state index contributed by atoms with van der Waals surface area (Å²) in [4.78, 5) is 25.4. The topological polar surface area (TPSA) is 37.4 Å². The molecule has 1 aromatic carbocycles. The van der Waals surface area contributed by atoms with E-state index in [0.717, 1.165) is 5.56 Å². The highest BCUT2D eigenvalue weighted by molar-refractivity contribution is 5.98. The van der Waals surface area contributed by atoms with E-state index in [1.807, 2.05) is 37.3 Å². The largest absolute Gasteiger partial charge is 0.285 e. The normalized spacial score (nSPS) is 12.3. The minimum atomic E-state index is -0.237. The molecule has 0 bridgehead atoms. The second-order valence-electron chi connectivity index (χ2n) is 4.76. The number of benzene rings is 1. The van der Waals surface area contributed by atoms with Crippen LogP contribution in [0.5, 0.6) is 0 Å². The Labute approximate surface area is 109 Å². The fraction of sp³-hybridized carbons (Fsp3) is 0.467. The summed E-state index contributed by atoms with van der Waals surface area (Å²) in [5.41, 5.74) is 0.966. The molecule has 1 unspecified atom stereocenters. The summed E-state index contributed by atoms with van der Waals surface area (Å²) in [7, 11) is 1.57. The molecule has 0 aliphatic carbocycles. The third kappa shape index (κ3) is 3.19. The lowest BCUT2D eigenvalue weighted by molar-refractivity contribution is -0.146. The highest BCUT2D eigenvalue weighted by Gasteiger charge is 2.26. The van der Waals surface area contributed by atoms with Gasteiger partial charge in [0.15, 0.2) is 0 Å². The van der Waals surface area contributed by atoms with Crippen molar-refractivity contribution in [1.82, 2.24) is 4.90 Å². The van der Waals surface area contributed by atoms with Crippen molar-refractivity contribution in [2.24, 2.45) is 5.92 Å². The second-order valence-corrected chi connectivity index (χ2v) is 4.76. The summed E-state index contributed by atoms with van der Waals surface area (Å²) < 4.78 is 0. The Hall–Kier alpha value is -1.64. The van der Waals surface area contributed by atoms with Gasteiger partial charge < -0.3 is 0 Å². The molecule has 0 aliphatic heterocycles. The second kappa shape index (κ2) is 6.34. The maximum Gasteiger partial charge on any atom is 0.236 e. The minimum Gasteiger partial charge on any atom is -0.285 e. The molecule has 3 heteroatoms. The van der Waals surface area contributed by atoms with Gasteiger partial charge in [-0.05, 0) is 12.0 Å². The molecule has 18 heavy (non-hydrogen) atoms. The van der Waals surface area contributed by atoms with Crippen LogP contribution < -0.4 is 0 Å². The lowest BCUT2D eigenvalue weighted by Crippen LogP contribution is -2.39. The lowest BCUT2D eigenvalue weighted by Gasteiger charge is -2.23. The molecule has 0 spiro atoms. The number of imide groups is 1. The van der Waals surface area contributed by atoms with Gasteiger partial charge in [-0.25, -0.2) is 0 Å². The Balaban J connectivity index is 2.90. The smallest absolute Gasteiger partial charge is 0.236 e. The number of carbonyl (C=O) groups excluding carboxylic acids is 2. The molecule has 98 valence electrons. The van der Waals surface area contributed by atoms with E-state index in [-0.39, 0.29) is 23.7 Å². The first kappa shape index (κ1) is 14.4. The molecular weight excluding hydrogens is 226 g/mol. The number of amides is 2. The predicted octanol–water partition coefficient (Wildman–Crippen LogP) is 2.82. The zero-order valence-electron chi connectivity index (χ0n) is 11.5. The van der Waals surface area contributed by atoms with Crippen LogP contribution in [0.25, 0.3) is 0 Å². The Bertz CT molecular complexity index is 412. The van der Waals surface area contributed by atoms with Gasteiger partial charge in [0.05, 0.1) is 5.92 Å². The first-order valence-electron chi connectivity index (χ1n) is 6.35. The highest BCUT2D eigenvalue weighted by Crippen LogP contribution is 2.22. The Morgan fingerprint density at radius 2 is 1.67 bits per heavy atom. The average molecular weight is 247 g/mol. The van der Waals surface area contributed by atoms with Crippen LogP contribution in [-0.2, 0) is 9.59 Å². The maximum atomic E-state index is 12.3. The van der Waals surface area contributed by atoms with Crippen molar-refractivity contribution in [2.45, 2.75) is 33.1 Å². The number of likely N-dealkylation sites (N-methyl/N-ethyl adjacent to an activating group) is 1. The van der Waals surface area contributed by atoms with E-state index < -0.39 is 0 Å². The van der Waals surface area contributed by atoms with Gasteiger partial charge in [-0.3, -0.25) is 14.5 Å². The molecule has 1 aromatic rings. The van der Waals surface area contributed by atoms with E-state index in [0.29, 0.717) is 6.42 Å². The van der Waals surface area contributed by atoms with Crippen LogP contribution in [0, 0.1) is 5.92 Å². The summed E-state index contributed by atoms with van der Waals surface area (Å²) in [5, 5.41) is 0. The molecule has 1 atom stereocenters. The molecule has 1 rings (SSSR count). The predicted molar refractivity (Wildman–Crippen MR) is 72.1 cm³/mol. The van der Waals surface area contributed by atoms with Crippen molar-refractivity contribution in [3.05, 3.63) is 35.9 Å². The van der Waals surface area contributed by atoms with Crippen molar-refractivity contribution in [3.63, 3.8) is 0 Å². The molecule has 0 radical (unpaired) electrons. The van der Waals surface area contributed by atoms with Crippen LogP contribution in [-0.4, -0.2) is 23.8 Å². The first-order chi connectivity index (χ1) is 8.49.